The largest absolute Gasteiger partial charge is 0.383 e. The van der Waals surface area contributed by atoms with Gasteiger partial charge in [-0.15, -0.1) is 0 Å². The van der Waals surface area contributed by atoms with Crippen molar-refractivity contribution in [1.29, 1.82) is 0 Å². The molecule has 0 bridgehead atoms. The Balaban J connectivity index is 3.25. The highest BCUT2D eigenvalue weighted by molar-refractivity contribution is 5.76. The Hall–Kier alpha value is -1.34. The summed E-state index contributed by atoms with van der Waals surface area (Å²) in [6, 6.07) is -0.543. The molecule has 4 N–H and O–H groups in total. The first-order valence-electron chi connectivity index (χ1n) is 3.59. The van der Waals surface area contributed by atoms with Crippen molar-refractivity contribution in [3.05, 3.63) is 0 Å². The van der Waals surface area contributed by atoms with Gasteiger partial charge in [0.2, 0.25) is 5.91 Å². The molecule has 0 heterocycles. The molecule has 0 atom stereocenters. The quantitative estimate of drug-likeness (QED) is 0.345. The molecule has 13 heavy (non-hydrogen) atoms. The summed E-state index contributed by atoms with van der Waals surface area (Å²) in [7, 11) is 1.52. The van der Waals surface area contributed by atoms with Crippen LogP contribution in [0.1, 0.15) is 0 Å². The molecule has 0 aliphatic heterocycles. The molecule has 0 saturated carbocycles. The van der Waals surface area contributed by atoms with Gasteiger partial charge in [-0.3, -0.25) is 9.63 Å². The molecule has 0 radical (unpaired) electrons. The SMILES string of the molecule is COCCNC(=O)NOCC(N)=O. The van der Waals surface area contributed by atoms with Gasteiger partial charge in [0.15, 0.2) is 6.61 Å². The predicted octanol–water partition coefficient (Wildman–Crippen LogP) is -1.65. The standard InChI is InChI=1S/C6H13N3O4/c1-12-3-2-8-6(11)9-13-4-5(7)10/h2-4H2,1H3,(H2,7,10)(H2,8,9,11). The number of primary amides is 1. The Labute approximate surface area is 75.5 Å². The van der Waals surface area contributed by atoms with Gasteiger partial charge in [-0.25, -0.2) is 10.3 Å². The molecular weight excluding hydrogens is 178 g/mol. The third kappa shape index (κ3) is 8.57. The number of methoxy groups -OCH3 is 1. The minimum absolute atomic E-state index is 0.350. The van der Waals surface area contributed by atoms with Crippen LogP contribution < -0.4 is 16.5 Å². The maximum absolute atomic E-state index is 10.7. The highest BCUT2D eigenvalue weighted by Crippen LogP contribution is 1.69. The lowest BCUT2D eigenvalue weighted by atomic mass is 10.7. The van der Waals surface area contributed by atoms with E-state index in [1.165, 1.54) is 7.11 Å². The fourth-order valence-electron chi connectivity index (χ4n) is 0.475. The molecule has 0 aromatic carbocycles. The van der Waals surface area contributed by atoms with Gasteiger partial charge >= 0.3 is 6.03 Å². The molecule has 0 aliphatic rings. The minimum atomic E-state index is -0.655. The Kier molecular flexibility index (Phi) is 6.56. The van der Waals surface area contributed by atoms with E-state index in [1.807, 2.05) is 5.48 Å². The second-order valence-corrected chi connectivity index (χ2v) is 2.11. The van der Waals surface area contributed by atoms with Crippen molar-refractivity contribution in [1.82, 2.24) is 10.8 Å². The van der Waals surface area contributed by atoms with Gasteiger partial charge in [0.1, 0.15) is 0 Å². The van der Waals surface area contributed by atoms with E-state index >= 15 is 0 Å². The summed E-state index contributed by atoms with van der Waals surface area (Å²) in [4.78, 5) is 25.3. The number of carbonyl (C=O) groups is 2. The fraction of sp³-hybridized carbons (Fsp3) is 0.667. The van der Waals surface area contributed by atoms with E-state index in [0.717, 1.165) is 0 Å². The number of hydrogen-bond donors (Lipinski definition) is 3. The van der Waals surface area contributed by atoms with Crippen LogP contribution in [0.15, 0.2) is 0 Å². The van der Waals surface area contributed by atoms with Crippen molar-refractivity contribution in [2.24, 2.45) is 5.73 Å². The summed E-state index contributed by atoms with van der Waals surface area (Å²) in [6.07, 6.45) is 0. The summed E-state index contributed by atoms with van der Waals surface area (Å²) < 4.78 is 4.68. The second-order valence-electron chi connectivity index (χ2n) is 2.11. The topological polar surface area (TPSA) is 103 Å². The van der Waals surface area contributed by atoms with Crippen molar-refractivity contribution in [2.75, 3.05) is 26.9 Å². The molecular formula is C6H13N3O4. The third-order valence-electron chi connectivity index (χ3n) is 0.971. The number of nitrogens with one attached hydrogen (secondary N) is 2. The molecule has 0 saturated heterocycles. The zero-order valence-electron chi connectivity index (χ0n) is 7.33. The smallest absolute Gasteiger partial charge is 0.338 e. The molecule has 0 aliphatic carbocycles. The average Bonchev–Trinajstić information content (AvgIpc) is 2.04. The second kappa shape index (κ2) is 7.32. The molecule has 0 fully saturated rings. The van der Waals surface area contributed by atoms with E-state index in [0.29, 0.717) is 13.2 Å². The molecule has 7 heteroatoms. The number of urea groups is 1. The average molecular weight is 191 g/mol. The molecule has 7 nitrogen and oxygen atoms in total. The zero-order chi connectivity index (χ0) is 10.1. The van der Waals surface area contributed by atoms with Crippen molar-refractivity contribution < 1.29 is 19.2 Å². The van der Waals surface area contributed by atoms with Crippen LogP contribution in [0.25, 0.3) is 0 Å². The van der Waals surface area contributed by atoms with E-state index in [4.69, 9.17) is 5.73 Å². The number of nitrogens with two attached hydrogens (primary N) is 1. The van der Waals surface area contributed by atoms with E-state index in [1.54, 1.807) is 0 Å². The molecule has 0 rings (SSSR count). The number of hydrogen-bond acceptors (Lipinski definition) is 4. The number of rotatable bonds is 6. The number of ether oxygens (including phenoxy) is 1. The Morgan fingerprint density at radius 2 is 2.15 bits per heavy atom. The summed E-state index contributed by atoms with van der Waals surface area (Å²) in [6.45, 7) is 0.420. The van der Waals surface area contributed by atoms with Crippen LogP contribution in [0.4, 0.5) is 4.79 Å². The van der Waals surface area contributed by atoms with Gasteiger partial charge < -0.3 is 15.8 Å². The van der Waals surface area contributed by atoms with Gasteiger partial charge in [-0.2, -0.15) is 0 Å². The molecule has 76 valence electrons. The van der Waals surface area contributed by atoms with Gasteiger partial charge in [0, 0.05) is 13.7 Å². The summed E-state index contributed by atoms with van der Waals surface area (Å²) in [5, 5.41) is 2.41. The van der Waals surface area contributed by atoms with Crippen LogP contribution in [-0.4, -0.2) is 38.8 Å². The molecule has 0 aromatic heterocycles. The zero-order valence-corrected chi connectivity index (χ0v) is 7.33. The van der Waals surface area contributed by atoms with E-state index < -0.39 is 11.9 Å². The van der Waals surface area contributed by atoms with Crippen molar-refractivity contribution in [2.45, 2.75) is 0 Å². The van der Waals surface area contributed by atoms with Gasteiger partial charge in [-0.1, -0.05) is 0 Å². The first-order chi connectivity index (χ1) is 6.16. The van der Waals surface area contributed by atoms with Gasteiger partial charge in [0.25, 0.3) is 0 Å². The van der Waals surface area contributed by atoms with Crippen LogP contribution in [0, 0.1) is 0 Å². The lowest BCUT2D eigenvalue weighted by molar-refractivity contribution is -0.124. The predicted molar refractivity (Wildman–Crippen MR) is 43.6 cm³/mol. The van der Waals surface area contributed by atoms with Gasteiger partial charge in [-0.05, 0) is 0 Å². The van der Waals surface area contributed by atoms with Crippen LogP contribution in [0.2, 0.25) is 0 Å². The molecule has 0 unspecified atom stereocenters. The highest BCUT2D eigenvalue weighted by Gasteiger charge is 1.99. The Morgan fingerprint density at radius 1 is 1.46 bits per heavy atom. The number of carbonyl (C=O) groups excluding carboxylic acids is 2. The fourth-order valence-corrected chi connectivity index (χ4v) is 0.475. The summed E-state index contributed by atoms with van der Waals surface area (Å²) in [5.41, 5.74) is 6.71. The molecule has 0 spiro atoms. The van der Waals surface area contributed by atoms with Crippen molar-refractivity contribution >= 4 is 11.9 Å². The number of amides is 3. The van der Waals surface area contributed by atoms with Crippen LogP contribution in [-0.2, 0) is 14.4 Å². The highest BCUT2D eigenvalue weighted by atomic mass is 16.7. The summed E-state index contributed by atoms with van der Waals surface area (Å²) in [5.74, 6) is -0.655. The maximum Gasteiger partial charge on any atom is 0.338 e. The third-order valence-corrected chi connectivity index (χ3v) is 0.971. The van der Waals surface area contributed by atoms with E-state index in [9.17, 15) is 9.59 Å². The molecule has 3 amide bonds. The van der Waals surface area contributed by atoms with Crippen molar-refractivity contribution in [3.63, 3.8) is 0 Å². The minimum Gasteiger partial charge on any atom is -0.383 e. The monoisotopic (exact) mass is 191 g/mol. The normalized spacial score (nSPS) is 9.31. The van der Waals surface area contributed by atoms with Crippen LogP contribution in [0.3, 0.4) is 0 Å². The lowest BCUT2D eigenvalue weighted by Gasteiger charge is -2.05. The van der Waals surface area contributed by atoms with Gasteiger partial charge in [0.05, 0.1) is 6.61 Å². The summed E-state index contributed by atoms with van der Waals surface area (Å²) >= 11 is 0. The van der Waals surface area contributed by atoms with E-state index in [2.05, 4.69) is 14.9 Å². The van der Waals surface area contributed by atoms with Crippen LogP contribution in [0.5, 0.6) is 0 Å². The Bertz CT molecular complexity index is 173. The first-order valence-corrected chi connectivity index (χ1v) is 3.59. The Morgan fingerprint density at radius 3 is 2.69 bits per heavy atom. The van der Waals surface area contributed by atoms with E-state index in [-0.39, 0.29) is 6.61 Å². The number of hydroxylamine groups is 1. The lowest BCUT2D eigenvalue weighted by Crippen LogP contribution is -2.38. The maximum atomic E-state index is 10.7. The van der Waals surface area contributed by atoms with Crippen molar-refractivity contribution in [3.8, 4) is 0 Å². The molecule has 0 aromatic rings. The van der Waals surface area contributed by atoms with Crippen LogP contribution >= 0.6 is 0 Å². The first kappa shape index (κ1) is 11.7.